The quantitative estimate of drug-likeness (QED) is 0.785. The standard InChI is InChI=1S/C15H14F2N4O.CHF3O/c16-11-3-2-10(6-12(11)17)13-7-14(20-9-19-13)18-8-15(22)21-4-1-5-21;2-1(3,4)5/h2-3,6-7,9H,1,4-5,8H2,(H,18,19,20);5H. The summed E-state index contributed by atoms with van der Waals surface area (Å²) in [7, 11) is 0. The molecule has 1 aliphatic heterocycles. The third-order valence-electron chi connectivity index (χ3n) is 3.51. The zero-order chi connectivity index (χ0) is 20.0. The Bertz CT molecular complexity index is 791. The molecule has 1 aromatic heterocycles. The van der Waals surface area contributed by atoms with Crippen LogP contribution in [0.3, 0.4) is 0 Å². The first-order chi connectivity index (χ1) is 12.6. The molecule has 2 aromatic rings. The van der Waals surface area contributed by atoms with Crippen LogP contribution in [0, 0.1) is 11.6 Å². The SMILES string of the molecule is O=C(CNc1cc(-c2ccc(F)c(F)c2)ncn1)N1CCC1.OC(F)(F)F. The largest absolute Gasteiger partial charge is 0.519 e. The van der Waals surface area contributed by atoms with Gasteiger partial charge in [0.25, 0.3) is 0 Å². The van der Waals surface area contributed by atoms with Crippen LogP contribution < -0.4 is 5.32 Å². The average Bonchev–Trinajstić information content (AvgIpc) is 2.53. The summed E-state index contributed by atoms with van der Waals surface area (Å²) in [5.74, 6) is -1.36. The minimum Gasteiger partial charge on any atom is -0.361 e. The summed E-state index contributed by atoms with van der Waals surface area (Å²) in [6.07, 6.45) is -2.65. The first-order valence-electron chi connectivity index (χ1n) is 7.71. The van der Waals surface area contributed by atoms with Gasteiger partial charge in [0.2, 0.25) is 5.91 Å². The van der Waals surface area contributed by atoms with Crippen LogP contribution in [-0.2, 0) is 4.79 Å². The predicted molar refractivity (Wildman–Crippen MR) is 85.3 cm³/mol. The fraction of sp³-hybridized carbons (Fsp3) is 0.312. The minimum absolute atomic E-state index is 0.0132. The zero-order valence-corrected chi connectivity index (χ0v) is 13.8. The minimum atomic E-state index is -5.00. The molecule has 27 heavy (non-hydrogen) atoms. The van der Waals surface area contributed by atoms with E-state index in [0.29, 0.717) is 17.1 Å². The number of likely N-dealkylation sites (tertiary alicyclic amines) is 1. The van der Waals surface area contributed by atoms with E-state index in [1.54, 1.807) is 11.0 Å². The van der Waals surface area contributed by atoms with E-state index in [9.17, 15) is 26.7 Å². The number of aromatic nitrogens is 2. The van der Waals surface area contributed by atoms with Crippen LogP contribution >= 0.6 is 0 Å². The van der Waals surface area contributed by atoms with E-state index in [-0.39, 0.29) is 12.5 Å². The molecular formula is C16H15F5N4O2. The molecule has 2 N–H and O–H groups in total. The smallest absolute Gasteiger partial charge is 0.361 e. The zero-order valence-electron chi connectivity index (χ0n) is 13.8. The highest BCUT2D eigenvalue weighted by Crippen LogP contribution is 2.21. The molecule has 0 aliphatic carbocycles. The highest BCUT2D eigenvalue weighted by Gasteiger charge is 2.20. The summed E-state index contributed by atoms with van der Waals surface area (Å²) >= 11 is 0. The highest BCUT2D eigenvalue weighted by molar-refractivity contribution is 5.81. The maximum Gasteiger partial charge on any atom is 0.519 e. The molecule has 0 atom stereocenters. The van der Waals surface area contributed by atoms with Gasteiger partial charge in [0, 0.05) is 24.7 Å². The maximum atomic E-state index is 13.3. The normalized spacial score (nSPS) is 13.3. The van der Waals surface area contributed by atoms with Gasteiger partial charge in [0.1, 0.15) is 12.1 Å². The molecule has 2 heterocycles. The van der Waals surface area contributed by atoms with Crippen molar-refractivity contribution in [3.05, 3.63) is 42.2 Å². The molecule has 1 fully saturated rings. The lowest BCUT2D eigenvalue weighted by Gasteiger charge is -2.30. The number of rotatable bonds is 4. The van der Waals surface area contributed by atoms with Gasteiger partial charge in [0.05, 0.1) is 12.2 Å². The molecule has 0 radical (unpaired) electrons. The molecule has 3 rings (SSSR count). The molecule has 1 saturated heterocycles. The lowest BCUT2D eigenvalue weighted by molar-refractivity contribution is -0.295. The maximum absolute atomic E-state index is 13.3. The van der Waals surface area contributed by atoms with Crippen molar-refractivity contribution in [2.45, 2.75) is 12.8 Å². The van der Waals surface area contributed by atoms with Gasteiger partial charge in [0.15, 0.2) is 11.6 Å². The summed E-state index contributed by atoms with van der Waals surface area (Å²) in [4.78, 5) is 21.6. The number of halogens is 5. The molecular weight excluding hydrogens is 375 g/mol. The number of carbonyl (C=O) groups is 1. The van der Waals surface area contributed by atoms with Gasteiger partial charge in [-0.1, -0.05) is 0 Å². The van der Waals surface area contributed by atoms with Crippen LogP contribution in [-0.4, -0.2) is 51.9 Å². The van der Waals surface area contributed by atoms with E-state index in [4.69, 9.17) is 5.11 Å². The Morgan fingerprint density at radius 2 is 1.81 bits per heavy atom. The number of carbonyl (C=O) groups excluding carboxylic acids is 1. The van der Waals surface area contributed by atoms with Gasteiger partial charge in [-0.2, -0.15) is 0 Å². The fourth-order valence-electron chi connectivity index (χ4n) is 2.11. The summed E-state index contributed by atoms with van der Waals surface area (Å²) in [6, 6.07) is 5.16. The molecule has 1 amide bonds. The van der Waals surface area contributed by atoms with Crippen molar-refractivity contribution in [2.75, 3.05) is 25.0 Å². The summed E-state index contributed by atoms with van der Waals surface area (Å²) < 4.78 is 56.0. The number of hydrogen-bond acceptors (Lipinski definition) is 5. The van der Waals surface area contributed by atoms with Crippen molar-refractivity contribution in [2.24, 2.45) is 0 Å². The van der Waals surface area contributed by atoms with Crippen molar-refractivity contribution in [1.29, 1.82) is 0 Å². The van der Waals surface area contributed by atoms with Crippen molar-refractivity contribution in [3.63, 3.8) is 0 Å². The van der Waals surface area contributed by atoms with E-state index in [2.05, 4.69) is 15.3 Å². The van der Waals surface area contributed by atoms with E-state index >= 15 is 0 Å². The highest BCUT2D eigenvalue weighted by atomic mass is 19.4. The van der Waals surface area contributed by atoms with Crippen LogP contribution in [0.25, 0.3) is 11.3 Å². The Kier molecular flexibility index (Phi) is 6.61. The number of nitrogens with one attached hydrogen (secondary N) is 1. The lowest BCUT2D eigenvalue weighted by Crippen LogP contribution is -2.44. The van der Waals surface area contributed by atoms with Gasteiger partial charge in [-0.25, -0.2) is 18.7 Å². The molecule has 0 unspecified atom stereocenters. The predicted octanol–water partition coefficient (Wildman–Crippen LogP) is 2.56. The van der Waals surface area contributed by atoms with E-state index in [1.807, 2.05) is 0 Å². The molecule has 1 aromatic carbocycles. The number of aliphatic hydroxyl groups is 1. The van der Waals surface area contributed by atoms with E-state index in [0.717, 1.165) is 31.6 Å². The number of nitrogens with zero attached hydrogens (tertiary/aromatic N) is 3. The Morgan fingerprint density at radius 3 is 2.37 bits per heavy atom. The van der Waals surface area contributed by atoms with Crippen molar-refractivity contribution >= 4 is 11.7 Å². The number of alkyl halides is 3. The second-order valence-corrected chi connectivity index (χ2v) is 5.47. The number of benzene rings is 1. The van der Waals surface area contributed by atoms with Gasteiger partial charge in [-0.3, -0.25) is 4.79 Å². The third-order valence-corrected chi connectivity index (χ3v) is 3.51. The molecule has 11 heteroatoms. The van der Waals surface area contributed by atoms with Crippen LogP contribution in [0.4, 0.5) is 27.8 Å². The molecule has 1 aliphatic rings. The second-order valence-electron chi connectivity index (χ2n) is 5.47. The van der Waals surface area contributed by atoms with Crippen molar-refractivity contribution < 1.29 is 31.9 Å². The van der Waals surface area contributed by atoms with Gasteiger partial charge >= 0.3 is 6.36 Å². The number of hydrogen-bond donors (Lipinski definition) is 2. The molecule has 0 bridgehead atoms. The number of amides is 1. The summed E-state index contributed by atoms with van der Waals surface area (Å²) in [5.41, 5.74) is 0.895. The fourth-order valence-corrected chi connectivity index (χ4v) is 2.11. The third kappa shape index (κ3) is 6.77. The van der Waals surface area contributed by atoms with Crippen LogP contribution in [0.1, 0.15) is 6.42 Å². The van der Waals surface area contributed by atoms with E-state index in [1.165, 1.54) is 12.4 Å². The molecule has 6 nitrogen and oxygen atoms in total. The Balaban J connectivity index is 0.000000465. The van der Waals surface area contributed by atoms with Gasteiger partial charge in [-0.05, 0) is 24.6 Å². The average molecular weight is 390 g/mol. The summed E-state index contributed by atoms with van der Waals surface area (Å²) in [5, 5.41) is 9.44. The first kappa shape index (κ1) is 20.5. The van der Waals surface area contributed by atoms with E-state index < -0.39 is 18.0 Å². The van der Waals surface area contributed by atoms with Crippen LogP contribution in [0.15, 0.2) is 30.6 Å². The van der Waals surface area contributed by atoms with Crippen LogP contribution in [0.2, 0.25) is 0 Å². The monoisotopic (exact) mass is 390 g/mol. The molecule has 146 valence electrons. The second kappa shape index (κ2) is 8.71. The van der Waals surface area contributed by atoms with Crippen molar-refractivity contribution in [3.8, 4) is 11.3 Å². The molecule has 0 saturated carbocycles. The first-order valence-corrected chi connectivity index (χ1v) is 7.71. The Hall–Kier alpha value is -2.82. The van der Waals surface area contributed by atoms with Crippen LogP contribution in [0.5, 0.6) is 0 Å². The van der Waals surface area contributed by atoms with Gasteiger partial charge < -0.3 is 15.3 Å². The molecule has 0 spiro atoms. The topological polar surface area (TPSA) is 78.4 Å². The summed E-state index contributed by atoms with van der Waals surface area (Å²) in [6.45, 7) is 1.74. The Labute approximate surface area is 150 Å². The Morgan fingerprint density at radius 1 is 1.15 bits per heavy atom. The number of anilines is 1. The van der Waals surface area contributed by atoms with Crippen molar-refractivity contribution in [1.82, 2.24) is 14.9 Å². The van der Waals surface area contributed by atoms with Gasteiger partial charge in [-0.15, -0.1) is 13.2 Å². The lowest BCUT2D eigenvalue weighted by atomic mass is 10.1.